The van der Waals surface area contributed by atoms with Crippen LogP contribution in [-0.2, 0) is 26.7 Å². The van der Waals surface area contributed by atoms with Crippen LogP contribution in [0.5, 0.6) is 0 Å². The van der Waals surface area contributed by atoms with Crippen LogP contribution in [0, 0.1) is 17.7 Å². The number of carbonyl (C=O) groups excluding carboxylic acids is 2. The Labute approximate surface area is 262 Å². The number of fused-ring (bicyclic) bond motifs is 1. The van der Waals surface area contributed by atoms with E-state index < -0.39 is 47.4 Å². The molecule has 2 aromatic carbocycles. The summed E-state index contributed by atoms with van der Waals surface area (Å²) in [5.74, 6) is -0.500. The second kappa shape index (κ2) is 12.3. The lowest BCUT2D eigenvalue weighted by Gasteiger charge is -2.43. The highest BCUT2D eigenvalue weighted by Crippen LogP contribution is 2.47. The molecule has 4 aliphatic rings. The Morgan fingerprint density at radius 1 is 0.870 bits per heavy atom. The molecule has 0 aromatic heterocycles. The van der Waals surface area contributed by atoms with Crippen molar-refractivity contribution in [3.05, 3.63) is 82.3 Å². The van der Waals surface area contributed by atoms with Gasteiger partial charge in [-0.05, 0) is 85.9 Å². The Hall–Kier alpha value is -3.41. The minimum atomic E-state index is -5.00. The molecule has 0 spiro atoms. The van der Waals surface area contributed by atoms with Crippen molar-refractivity contribution < 1.29 is 45.1 Å². The summed E-state index contributed by atoms with van der Waals surface area (Å²) in [7, 11) is 0. The van der Waals surface area contributed by atoms with E-state index in [2.05, 4.69) is 4.90 Å². The molecular formula is C34H35F7N2O3. The smallest absolute Gasteiger partial charge is 0.375 e. The summed E-state index contributed by atoms with van der Waals surface area (Å²) in [6, 6.07) is 6.87. The van der Waals surface area contributed by atoms with Gasteiger partial charge in [0.1, 0.15) is 5.82 Å². The highest BCUT2D eigenvalue weighted by Gasteiger charge is 2.50. The molecule has 0 radical (unpaired) electrons. The van der Waals surface area contributed by atoms with Gasteiger partial charge < -0.3 is 14.5 Å². The average Bonchev–Trinajstić information content (AvgIpc) is 3.60. The van der Waals surface area contributed by atoms with Gasteiger partial charge >= 0.3 is 12.4 Å². The quantitative estimate of drug-likeness (QED) is 0.301. The Kier molecular flexibility index (Phi) is 8.71. The summed E-state index contributed by atoms with van der Waals surface area (Å²) in [5.41, 5.74) is -1.37. The van der Waals surface area contributed by atoms with Crippen molar-refractivity contribution in [1.82, 2.24) is 9.80 Å². The number of hydrogen-bond donors (Lipinski definition) is 0. The molecule has 248 valence electrons. The number of nitrogens with zero attached hydrogens (tertiary/aromatic N) is 2. The van der Waals surface area contributed by atoms with E-state index in [0.29, 0.717) is 37.0 Å². The van der Waals surface area contributed by atoms with Crippen LogP contribution in [-0.4, -0.2) is 53.3 Å². The van der Waals surface area contributed by atoms with Crippen LogP contribution in [0.15, 0.2) is 54.2 Å². The Bertz CT molecular complexity index is 1460. The van der Waals surface area contributed by atoms with Crippen molar-refractivity contribution in [3.8, 4) is 0 Å². The molecule has 3 heterocycles. The summed E-state index contributed by atoms with van der Waals surface area (Å²) < 4.78 is 102. The largest absolute Gasteiger partial charge is 0.416 e. The lowest BCUT2D eigenvalue weighted by Crippen LogP contribution is -2.47. The number of benzene rings is 2. The number of halogens is 7. The maximum Gasteiger partial charge on any atom is 0.416 e. The first-order chi connectivity index (χ1) is 21.7. The molecule has 1 amide bonds. The number of ether oxygens (including phenoxy) is 1. The minimum absolute atomic E-state index is 0.0722. The van der Waals surface area contributed by atoms with E-state index in [-0.39, 0.29) is 47.7 Å². The van der Waals surface area contributed by atoms with E-state index in [9.17, 15) is 40.3 Å². The number of likely N-dealkylation sites (tertiary alicyclic amines) is 1. The third-order valence-corrected chi connectivity index (χ3v) is 10.2. The Morgan fingerprint density at radius 2 is 1.50 bits per heavy atom. The van der Waals surface area contributed by atoms with Crippen LogP contribution < -0.4 is 0 Å². The zero-order valence-electron chi connectivity index (χ0n) is 25.2. The lowest BCUT2D eigenvalue weighted by atomic mass is 9.73. The molecular weight excluding hydrogens is 617 g/mol. The van der Waals surface area contributed by atoms with Gasteiger partial charge in [-0.25, -0.2) is 4.39 Å². The predicted molar refractivity (Wildman–Crippen MR) is 154 cm³/mol. The fourth-order valence-electron chi connectivity index (χ4n) is 7.83. The van der Waals surface area contributed by atoms with Crippen molar-refractivity contribution in [2.75, 3.05) is 19.6 Å². The highest BCUT2D eigenvalue weighted by atomic mass is 19.4. The van der Waals surface area contributed by atoms with E-state index in [4.69, 9.17) is 4.74 Å². The summed E-state index contributed by atoms with van der Waals surface area (Å²) in [5, 5.41) is 0. The van der Waals surface area contributed by atoms with Gasteiger partial charge in [-0.3, -0.25) is 9.59 Å². The van der Waals surface area contributed by atoms with Crippen molar-refractivity contribution in [1.29, 1.82) is 0 Å². The average molecular weight is 653 g/mol. The van der Waals surface area contributed by atoms with E-state index >= 15 is 0 Å². The number of piperidine rings is 2. The van der Waals surface area contributed by atoms with Gasteiger partial charge in [0.2, 0.25) is 5.91 Å². The van der Waals surface area contributed by atoms with Crippen LogP contribution in [0.2, 0.25) is 0 Å². The standard InChI is InChI=1S/C34H35F7N2O3/c1-19(22-12-24(33(36,37)38)16-25(13-22)34(39,40)41)46-30-18-43-29(32(30)21-2-4-26(35)5-3-21)14-23(15-31(43)45)20-8-10-42(11-9-20)27-6-7-28(44)17-27/h2-5,12-13,16-17,19-20,23,29-30,32H,6-11,14-15,18H2,1H3/t19-,23?,29?,30?,32+/m1/s1. The number of alkyl halides is 6. The zero-order chi connectivity index (χ0) is 33.0. The summed E-state index contributed by atoms with van der Waals surface area (Å²) in [6.45, 7) is 3.11. The van der Waals surface area contributed by atoms with Crippen molar-refractivity contribution in [2.45, 2.75) is 82.0 Å². The molecule has 0 saturated carbocycles. The number of rotatable bonds is 6. The van der Waals surface area contributed by atoms with Crippen molar-refractivity contribution in [3.63, 3.8) is 0 Å². The van der Waals surface area contributed by atoms with E-state index in [1.54, 1.807) is 23.1 Å². The second-order valence-corrected chi connectivity index (χ2v) is 13.0. The Morgan fingerprint density at radius 3 is 2.07 bits per heavy atom. The van der Waals surface area contributed by atoms with Crippen LogP contribution in [0.3, 0.4) is 0 Å². The highest BCUT2D eigenvalue weighted by molar-refractivity contribution is 5.92. The zero-order valence-corrected chi connectivity index (χ0v) is 25.2. The molecule has 0 bridgehead atoms. The van der Waals surface area contributed by atoms with Gasteiger partial charge in [0.15, 0.2) is 5.78 Å². The first-order valence-corrected chi connectivity index (χ1v) is 15.7. The van der Waals surface area contributed by atoms with E-state index in [1.165, 1.54) is 19.1 Å². The normalized spacial score (nSPS) is 26.8. The van der Waals surface area contributed by atoms with Crippen LogP contribution >= 0.6 is 0 Å². The summed E-state index contributed by atoms with van der Waals surface area (Å²) in [6.07, 6.45) is -6.18. The monoisotopic (exact) mass is 652 g/mol. The molecule has 46 heavy (non-hydrogen) atoms. The number of ketones is 1. The number of hydrogen-bond acceptors (Lipinski definition) is 4. The molecule has 12 heteroatoms. The molecule has 5 atom stereocenters. The van der Waals surface area contributed by atoms with Gasteiger partial charge in [-0.1, -0.05) is 12.1 Å². The fraction of sp³-hybridized carbons (Fsp3) is 0.529. The lowest BCUT2D eigenvalue weighted by molar-refractivity contribution is -0.143. The molecule has 3 aliphatic heterocycles. The van der Waals surface area contributed by atoms with E-state index in [0.717, 1.165) is 38.0 Å². The Balaban J connectivity index is 1.24. The molecule has 3 fully saturated rings. The van der Waals surface area contributed by atoms with Crippen LogP contribution in [0.1, 0.15) is 79.7 Å². The maximum absolute atomic E-state index is 13.9. The maximum atomic E-state index is 13.9. The van der Waals surface area contributed by atoms with Gasteiger partial charge in [0.25, 0.3) is 0 Å². The molecule has 0 N–H and O–H groups in total. The molecule has 2 aromatic rings. The second-order valence-electron chi connectivity index (χ2n) is 13.0. The van der Waals surface area contributed by atoms with Gasteiger partial charge in [0.05, 0.1) is 23.3 Å². The first kappa shape index (κ1) is 32.5. The summed E-state index contributed by atoms with van der Waals surface area (Å²) in [4.78, 5) is 29.3. The third-order valence-electron chi connectivity index (χ3n) is 10.2. The topological polar surface area (TPSA) is 49.9 Å². The molecule has 1 aliphatic carbocycles. The minimum Gasteiger partial charge on any atom is -0.375 e. The van der Waals surface area contributed by atoms with Crippen molar-refractivity contribution in [2.24, 2.45) is 11.8 Å². The first-order valence-electron chi connectivity index (χ1n) is 15.7. The molecule has 3 saturated heterocycles. The van der Waals surface area contributed by atoms with Gasteiger partial charge in [0, 0.05) is 56.2 Å². The van der Waals surface area contributed by atoms with Crippen molar-refractivity contribution >= 4 is 11.7 Å². The number of amides is 1. The number of allylic oxidation sites excluding steroid dienone is 2. The summed E-state index contributed by atoms with van der Waals surface area (Å²) >= 11 is 0. The molecule has 3 unspecified atom stereocenters. The SMILES string of the molecule is C[C@@H](OC1CN2C(=O)CC(C3CCN(C4=CC(=O)CC4)CC3)CC2[C@@H]1c1ccc(F)cc1)c1cc(C(F)(F)F)cc(C(F)(F)F)c1. The van der Waals surface area contributed by atoms with Crippen LogP contribution in [0.25, 0.3) is 0 Å². The van der Waals surface area contributed by atoms with Gasteiger partial charge in [-0.2, -0.15) is 26.3 Å². The molecule has 5 nitrogen and oxygen atoms in total. The van der Waals surface area contributed by atoms with Crippen LogP contribution in [0.4, 0.5) is 30.7 Å². The molecule has 6 rings (SSSR count). The predicted octanol–water partition coefficient (Wildman–Crippen LogP) is 7.67. The third kappa shape index (κ3) is 6.68. The number of carbonyl (C=O) groups is 2. The van der Waals surface area contributed by atoms with Gasteiger partial charge in [-0.15, -0.1) is 0 Å². The van der Waals surface area contributed by atoms with E-state index in [1.807, 2.05) is 0 Å². The fourth-order valence-corrected chi connectivity index (χ4v) is 7.83.